The first-order valence-electron chi connectivity index (χ1n) is 8.93. The van der Waals surface area contributed by atoms with Crippen molar-refractivity contribution in [1.82, 2.24) is 4.90 Å². The van der Waals surface area contributed by atoms with Crippen LogP contribution in [0.4, 0.5) is 0 Å². The standard InChI is InChI=1S/C21H24BrNO2/c1-2-15-9-11-16(12-10-15)20(17-6-5-7-18(22)14-17)23-13-4-3-8-19(23)21(24)25/h5-7,9-12,14,19-20H,2-4,8,13H2,1H3,(H,24,25). The van der Waals surface area contributed by atoms with E-state index < -0.39 is 12.0 Å². The number of carboxylic acids is 1. The third kappa shape index (κ3) is 4.13. The number of likely N-dealkylation sites (tertiary alicyclic amines) is 1. The van der Waals surface area contributed by atoms with Crippen LogP contribution in [0.3, 0.4) is 0 Å². The summed E-state index contributed by atoms with van der Waals surface area (Å²) in [7, 11) is 0. The van der Waals surface area contributed by atoms with Gasteiger partial charge in [0.25, 0.3) is 0 Å². The van der Waals surface area contributed by atoms with Crippen LogP contribution in [0.15, 0.2) is 53.0 Å². The Labute approximate surface area is 157 Å². The van der Waals surface area contributed by atoms with Gasteiger partial charge in [-0.3, -0.25) is 9.69 Å². The van der Waals surface area contributed by atoms with Gasteiger partial charge < -0.3 is 5.11 Å². The van der Waals surface area contributed by atoms with E-state index in [9.17, 15) is 9.90 Å². The molecule has 1 aliphatic rings. The Morgan fingerprint density at radius 1 is 1.20 bits per heavy atom. The average molecular weight is 402 g/mol. The second kappa shape index (κ2) is 8.15. The molecule has 0 amide bonds. The second-order valence-corrected chi connectivity index (χ2v) is 7.56. The zero-order valence-corrected chi connectivity index (χ0v) is 16.1. The van der Waals surface area contributed by atoms with Gasteiger partial charge in [0.15, 0.2) is 0 Å². The van der Waals surface area contributed by atoms with E-state index in [-0.39, 0.29) is 6.04 Å². The smallest absolute Gasteiger partial charge is 0.320 e. The van der Waals surface area contributed by atoms with Crippen LogP contribution in [0.25, 0.3) is 0 Å². The highest BCUT2D eigenvalue weighted by molar-refractivity contribution is 9.10. The molecule has 2 aromatic carbocycles. The molecule has 1 N–H and O–H groups in total. The van der Waals surface area contributed by atoms with Crippen molar-refractivity contribution in [3.8, 4) is 0 Å². The summed E-state index contributed by atoms with van der Waals surface area (Å²) in [4.78, 5) is 14.0. The number of hydrogen-bond donors (Lipinski definition) is 1. The molecule has 2 atom stereocenters. The minimum atomic E-state index is -0.718. The number of halogens is 1. The molecule has 4 heteroatoms. The largest absolute Gasteiger partial charge is 0.480 e. The lowest BCUT2D eigenvalue weighted by atomic mass is 9.91. The fourth-order valence-electron chi connectivity index (χ4n) is 3.72. The van der Waals surface area contributed by atoms with Crippen LogP contribution < -0.4 is 0 Å². The summed E-state index contributed by atoms with van der Waals surface area (Å²) < 4.78 is 1.02. The Morgan fingerprint density at radius 2 is 1.96 bits per heavy atom. The molecule has 2 unspecified atom stereocenters. The molecule has 0 saturated carbocycles. The van der Waals surface area contributed by atoms with Crippen LogP contribution in [0.5, 0.6) is 0 Å². The lowest BCUT2D eigenvalue weighted by molar-refractivity contribution is -0.145. The van der Waals surface area contributed by atoms with E-state index in [0.29, 0.717) is 6.42 Å². The summed E-state index contributed by atoms with van der Waals surface area (Å²) in [5, 5.41) is 9.74. The van der Waals surface area contributed by atoms with E-state index in [4.69, 9.17) is 0 Å². The molecular weight excluding hydrogens is 378 g/mol. The van der Waals surface area contributed by atoms with Gasteiger partial charge in [-0.2, -0.15) is 0 Å². The molecule has 3 nitrogen and oxygen atoms in total. The van der Waals surface area contributed by atoms with Gasteiger partial charge in [-0.05, 0) is 54.6 Å². The van der Waals surface area contributed by atoms with Crippen molar-refractivity contribution in [3.05, 3.63) is 69.7 Å². The van der Waals surface area contributed by atoms with Gasteiger partial charge in [0, 0.05) is 4.47 Å². The van der Waals surface area contributed by atoms with Crippen LogP contribution in [-0.2, 0) is 11.2 Å². The van der Waals surface area contributed by atoms with Crippen LogP contribution in [0.1, 0.15) is 48.9 Å². The minimum Gasteiger partial charge on any atom is -0.480 e. The molecule has 0 bridgehead atoms. The van der Waals surface area contributed by atoms with E-state index in [1.165, 1.54) is 5.56 Å². The molecule has 2 aromatic rings. The number of benzene rings is 2. The van der Waals surface area contributed by atoms with Crippen molar-refractivity contribution >= 4 is 21.9 Å². The Hall–Kier alpha value is -1.65. The zero-order valence-electron chi connectivity index (χ0n) is 14.5. The Bertz CT molecular complexity index is 729. The summed E-state index contributed by atoms with van der Waals surface area (Å²) in [6, 6.07) is 16.4. The van der Waals surface area contributed by atoms with Crippen LogP contribution in [0, 0.1) is 0 Å². The molecule has 132 valence electrons. The lowest BCUT2D eigenvalue weighted by Crippen LogP contribution is -2.46. The Balaban J connectivity index is 2.05. The molecular formula is C21H24BrNO2. The molecule has 1 heterocycles. The van der Waals surface area contributed by atoms with E-state index >= 15 is 0 Å². The fourth-order valence-corrected chi connectivity index (χ4v) is 4.13. The first kappa shape index (κ1) is 18.2. The van der Waals surface area contributed by atoms with Gasteiger partial charge in [0.05, 0.1) is 6.04 Å². The van der Waals surface area contributed by atoms with Crippen LogP contribution >= 0.6 is 15.9 Å². The number of aliphatic carboxylic acids is 1. The van der Waals surface area contributed by atoms with Crippen LogP contribution in [-0.4, -0.2) is 28.6 Å². The number of carboxylic acid groups (broad SMARTS) is 1. The summed E-state index contributed by atoms with van der Waals surface area (Å²) in [6.07, 6.45) is 3.74. The SMILES string of the molecule is CCc1ccc(C(c2cccc(Br)c2)N2CCCCC2C(=O)O)cc1. The van der Waals surface area contributed by atoms with Crippen molar-refractivity contribution in [2.75, 3.05) is 6.54 Å². The maximum atomic E-state index is 11.8. The Morgan fingerprint density at radius 3 is 2.60 bits per heavy atom. The number of carbonyl (C=O) groups is 1. The Kier molecular flexibility index (Phi) is 5.92. The summed E-state index contributed by atoms with van der Waals surface area (Å²) in [5.41, 5.74) is 3.58. The molecule has 1 saturated heterocycles. The second-order valence-electron chi connectivity index (χ2n) is 6.64. The third-order valence-electron chi connectivity index (χ3n) is 5.03. The van der Waals surface area contributed by atoms with Crippen molar-refractivity contribution in [2.24, 2.45) is 0 Å². The molecule has 0 aliphatic carbocycles. The van der Waals surface area contributed by atoms with Crippen LogP contribution in [0.2, 0.25) is 0 Å². The number of hydrogen-bond acceptors (Lipinski definition) is 2. The van der Waals surface area contributed by atoms with Crippen molar-refractivity contribution in [2.45, 2.75) is 44.7 Å². The quantitative estimate of drug-likeness (QED) is 0.762. The first-order chi connectivity index (χ1) is 12.1. The highest BCUT2D eigenvalue weighted by atomic mass is 79.9. The van der Waals surface area contributed by atoms with Gasteiger partial charge in [-0.1, -0.05) is 65.7 Å². The molecule has 1 aliphatic heterocycles. The monoisotopic (exact) mass is 401 g/mol. The fraction of sp³-hybridized carbons (Fsp3) is 0.381. The third-order valence-corrected chi connectivity index (χ3v) is 5.52. The lowest BCUT2D eigenvalue weighted by Gasteiger charge is -2.39. The predicted octanol–water partition coefficient (Wildman–Crippen LogP) is 5.04. The molecule has 1 fully saturated rings. The summed E-state index contributed by atoms with van der Waals surface area (Å²) >= 11 is 3.56. The molecule has 0 aromatic heterocycles. The number of piperidine rings is 1. The van der Waals surface area contributed by atoms with Gasteiger partial charge in [0.2, 0.25) is 0 Å². The first-order valence-corrected chi connectivity index (χ1v) is 9.72. The average Bonchev–Trinajstić information content (AvgIpc) is 2.63. The summed E-state index contributed by atoms with van der Waals surface area (Å²) in [5.74, 6) is -0.718. The van der Waals surface area contributed by atoms with E-state index in [1.54, 1.807) is 0 Å². The highest BCUT2D eigenvalue weighted by Crippen LogP contribution is 2.35. The minimum absolute atomic E-state index is 0.0372. The molecule has 0 spiro atoms. The summed E-state index contributed by atoms with van der Waals surface area (Å²) in [6.45, 7) is 2.95. The topological polar surface area (TPSA) is 40.5 Å². The normalized spacial score (nSPS) is 19.5. The van der Waals surface area contributed by atoms with E-state index in [2.05, 4.69) is 64.2 Å². The number of rotatable bonds is 5. The van der Waals surface area contributed by atoms with Gasteiger partial charge in [0.1, 0.15) is 6.04 Å². The van der Waals surface area contributed by atoms with Gasteiger partial charge >= 0.3 is 5.97 Å². The molecule has 3 rings (SSSR count). The zero-order chi connectivity index (χ0) is 17.8. The molecule has 0 radical (unpaired) electrons. The van der Waals surface area contributed by atoms with E-state index in [1.807, 2.05) is 12.1 Å². The van der Waals surface area contributed by atoms with Gasteiger partial charge in [-0.15, -0.1) is 0 Å². The maximum absolute atomic E-state index is 11.8. The van der Waals surface area contributed by atoms with Gasteiger partial charge in [-0.25, -0.2) is 0 Å². The number of aryl methyl sites for hydroxylation is 1. The maximum Gasteiger partial charge on any atom is 0.320 e. The predicted molar refractivity (Wildman–Crippen MR) is 104 cm³/mol. The van der Waals surface area contributed by atoms with Crippen molar-refractivity contribution in [3.63, 3.8) is 0 Å². The van der Waals surface area contributed by atoms with Crippen molar-refractivity contribution in [1.29, 1.82) is 0 Å². The highest BCUT2D eigenvalue weighted by Gasteiger charge is 2.35. The number of nitrogens with zero attached hydrogens (tertiary/aromatic N) is 1. The van der Waals surface area contributed by atoms with Crippen molar-refractivity contribution < 1.29 is 9.90 Å². The van der Waals surface area contributed by atoms with E-state index in [0.717, 1.165) is 41.4 Å². The molecule has 25 heavy (non-hydrogen) atoms.